The second kappa shape index (κ2) is 8.78. The monoisotopic (exact) mass is 504 g/mol. The summed E-state index contributed by atoms with van der Waals surface area (Å²) >= 11 is 3.61. The molecule has 2 aromatic heterocycles. The van der Waals surface area contributed by atoms with Crippen LogP contribution in [0.4, 0.5) is 0 Å². The first-order chi connectivity index (χ1) is 16.1. The van der Waals surface area contributed by atoms with Crippen LogP contribution in [-0.2, 0) is 17.6 Å². The molecule has 7 nitrogen and oxygen atoms in total. The van der Waals surface area contributed by atoms with Crippen molar-refractivity contribution in [1.29, 1.82) is 0 Å². The Kier molecular flexibility index (Phi) is 5.68. The molecule has 3 heterocycles. The maximum atomic E-state index is 12.7. The quantitative estimate of drug-likeness (QED) is 0.320. The molecule has 5 rings (SSSR count). The van der Waals surface area contributed by atoms with Gasteiger partial charge < -0.3 is 9.47 Å². The van der Waals surface area contributed by atoms with E-state index in [1.807, 2.05) is 42.6 Å². The van der Waals surface area contributed by atoms with Crippen LogP contribution in [0.1, 0.15) is 40.1 Å². The summed E-state index contributed by atoms with van der Waals surface area (Å²) < 4.78 is 13.6. The Bertz CT molecular complexity index is 1350. The summed E-state index contributed by atoms with van der Waals surface area (Å²) in [7, 11) is 1.66. The van der Waals surface area contributed by atoms with Gasteiger partial charge in [-0.1, -0.05) is 28.1 Å². The number of aromatic nitrogens is 4. The molecule has 4 aromatic rings. The fraction of sp³-hybridized carbons (Fsp3) is 0.200. The summed E-state index contributed by atoms with van der Waals surface area (Å²) in [6.45, 7) is 2.07. The number of halogens is 1. The zero-order valence-electron chi connectivity index (χ0n) is 18.2. The van der Waals surface area contributed by atoms with E-state index in [9.17, 15) is 4.79 Å². The van der Waals surface area contributed by atoms with Crippen molar-refractivity contribution in [2.45, 2.75) is 19.8 Å². The molecule has 0 aliphatic carbocycles. The van der Waals surface area contributed by atoms with Gasteiger partial charge in [0, 0.05) is 40.3 Å². The molecule has 2 aromatic carbocycles. The van der Waals surface area contributed by atoms with E-state index in [2.05, 4.69) is 36.5 Å². The lowest BCUT2D eigenvalue weighted by atomic mass is 10.0. The fourth-order valence-electron chi connectivity index (χ4n) is 4.16. The Morgan fingerprint density at radius 2 is 1.94 bits per heavy atom. The van der Waals surface area contributed by atoms with Crippen LogP contribution in [0, 0.1) is 0 Å². The molecule has 33 heavy (non-hydrogen) atoms. The molecule has 0 atom stereocenters. The standard InChI is InChI=1S/C25H21BrN4O3/c1-3-33-25(31)24-20-12-17-13-27-22(10-15-4-7-18(32-2)8-5-15)30(17)21-11-16(26)6-9-19(21)23(20)28-14-29-24/h4-9,11,13-14H,3,10,12H2,1-2H3. The third kappa shape index (κ3) is 3.91. The molecule has 166 valence electrons. The van der Waals surface area contributed by atoms with Crippen LogP contribution >= 0.6 is 15.9 Å². The van der Waals surface area contributed by atoms with Crippen LogP contribution in [0.25, 0.3) is 16.9 Å². The summed E-state index contributed by atoms with van der Waals surface area (Å²) in [5, 5.41) is 0. The van der Waals surface area contributed by atoms with Crippen molar-refractivity contribution in [3.8, 4) is 22.7 Å². The third-order valence-electron chi connectivity index (χ3n) is 5.66. The Balaban J connectivity index is 1.67. The maximum absolute atomic E-state index is 12.7. The second-order valence-electron chi connectivity index (χ2n) is 7.63. The lowest BCUT2D eigenvalue weighted by molar-refractivity contribution is 0.0518. The molecule has 1 aliphatic rings. The number of carbonyl (C=O) groups excluding carboxylic acids is 1. The second-order valence-corrected chi connectivity index (χ2v) is 8.55. The molecular weight excluding hydrogens is 484 g/mol. The predicted octanol–water partition coefficient (Wildman–Crippen LogP) is 4.77. The number of hydrogen-bond donors (Lipinski definition) is 0. The minimum absolute atomic E-state index is 0.283. The average molecular weight is 505 g/mol. The first kappa shape index (κ1) is 21.3. The van der Waals surface area contributed by atoms with E-state index < -0.39 is 5.97 Å². The fourth-order valence-corrected chi connectivity index (χ4v) is 4.51. The molecule has 0 radical (unpaired) electrons. The van der Waals surface area contributed by atoms with Crippen molar-refractivity contribution in [1.82, 2.24) is 19.5 Å². The van der Waals surface area contributed by atoms with E-state index in [1.54, 1.807) is 14.0 Å². The lowest BCUT2D eigenvalue weighted by Gasteiger charge is -2.14. The molecule has 8 heteroatoms. The topological polar surface area (TPSA) is 79.1 Å². The average Bonchev–Trinajstić information content (AvgIpc) is 3.15. The van der Waals surface area contributed by atoms with Crippen LogP contribution in [0.3, 0.4) is 0 Å². The van der Waals surface area contributed by atoms with E-state index in [1.165, 1.54) is 6.33 Å². The van der Waals surface area contributed by atoms with Crippen LogP contribution in [0.15, 0.2) is 59.5 Å². The Labute approximate surface area is 199 Å². The van der Waals surface area contributed by atoms with Gasteiger partial charge in [-0.05, 0) is 42.8 Å². The highest BCUT2D eigenvalue weighted by Gasteiger charge is 2.28. The summed E-state index contributed by atoms with van der Waals surface area (Å²) in [4.78, 5) is 26.2. The molecular formula is C25H21BrN4O3. The Morgan fingerprint density at radius 3 is 2.70 bits per heavy atom. The molecule has 0 saturated heterocycles. The Morgan fingerprint density at radius 1 is 1.12 bits per heavy atom. The zero-order chi connectivity index (χ0) is 22.9. The molecule has 0 saturated carbocycles. The van der Waals surface area contributed by atoms with Crippen LogP contribution < -0.4 is 4.74 Å². The van der Waals surface area contributed by atoms with Gasteiger partial charge in [0.15, 0.2) is 5.69 Å². The molecule has 0 amide bonds. The first-order valence-corrected chi connectivity index (χ1v) is 11.4. The van der Waals surface area contributed by atoms with Crippen molar-refractivity contribution < 1.29 is 14.3 Å². The lowest BCUT2D eigenvalue weighted by Crippen LogP contribution is -2.12. The van der Waals surface area contributed by atoms with Gasteiger partial charge >= 0.3 is 5.97 Å². The Hall–Kier alpha value is -3.52. The molecule has 0 bridgehead atoms. The minimum atomic E-state index is -0.443. The van der Waals surface area contributed by atoms with Gasteiger partial charge in [-0.3, -0.25) is 4.57 Å². The normalized spacial score (nSPS) is 11.7. The summed E-state index contributed by atoms with van der Waals surface area (Å²) in [5.41, 5.74) is 5.71. The molecule has 0 unspecified atom stereocenters. The maximum Gasteiger partial charge on any atom is 0.357 e. The van der Waals surface area contributed by atoms with Crippen LogP contribution in [0.2, 0.25) is 0 Å². The van der Waals surface area contributed by atoms with Gasteiger partial charge in [0.1, 0.15) is 17.9 Å². The predicted molar refractivity (Wildman–Crippen MR) is 127 cm³/mol. The van der Waals surface area contributed by atoms with Gasteiger partial charge in [-0.25, -0.2) is 19.7 Å². The number of fused-ring (bicyclic) bond motifs is 5. The number of ether oxygens (including phenoxy) is 2. The first-order valence-electron chi connectivity index (χ1n) is 10.6. The number of rotatable bonds is 5. The summed E-state index contributed by atoms with van der Waals surface area (Å²) in [6, 6.07) is 14.0. The largest absolute Gasteiger partial charge is 0.497 e. The van der Waals surface area contributed by atoms with E-state index in [0.29, 0.717) is 18.5 Å². The van der Waals surface area contributed by atoms with Gasteiger partial charge in [-0.2, -0.15) is 0 Å². The number of esters is 1. The van der Waals surface area contributed by atoms with Crippen molar-refractivity contribution in [2.75, 3.05) is 13.7 Å². The van der Waals surface area contributed by atoms with Gasteiger partial charge in [0.05, 0.1) is 25.1 Å². The molecule has 0 N–H and O–H groups in total. The number of benzene rings is 2. The minimum Gasteiger partial charge on any atom is -0.497 e. The zero-order valence-corrected chi connectivity index (χ0v) is 19.8. The highest BCUT2D eigenvalue weighted by atomic mass is 79.9. The van der Waals surface area contributed by atoms with E-state index >= 15 is 0 Å². The van der Waals surface area contributed by atoms with E-state index in [0.717, 1.165) is 49.8 Å². The number of nitrogens with zero attached hydrogens (tertiary/aromatic N) is 4. The van der Waals surface area contributed by atoms with Gasteiger partial charge in [-0.15, -0.1) is 0 Å². The van der Waals surface area contributed by atoms with E-state index in [-0.39, 0.29) is 6.61 Å². The van der Waals surface area contributed by atoms with Gasteiger partial charge in [0.2, 0.25) is 0 Å². The number of hydrogen-bond acceptors (Lipinski definition) is 6. The van der Waals surface area contributed by atoms with Crippen LogP contribution in [-0.4, -0.2) is 39.2 Å². The van der Waals surface area contributed by atoms with E-state index in [4.69, 9.17) is 14.5 Å². The molecule has 0 spiro atoms. The van der Waals surface area contributed by atoms with Crippen molar-refractivity contribution >= 4 is 21.9 Å². The molecule has 1 aliphatic heterocycles. The SMILES string of the molecule is CCOC(=O)c1ncnc2c1Cc1cnc(Cc3ccc(OC)cc3)n1-c1cc(Br)ccc1-2. The highest BCUT2D eigenvalue weighted by Crippen LogP contribution is 2.37. The summed E-state index contributed by atoms with van der Waals surface area (Å²) in [5.74, 6) is 1.27. The smallest absolute Gasteiger partial charge is 0.357 e. The van der Waals surface area contributed by atoms with Crippen LogP contribution in [0.5, 0.6) is 5.75 Å². The van der Waals surface area contributed by atoms with Crippen molar-refractivity contribution in [3.05, 3.63) is 87.8 Å². The van der Waals surface area contributed by atoms with Crippen molar-refractivity contribution in [3.63, 3.8) is 0 Å². The molecule has 0 fully saturated rings. The number of imidazole rings is 1. The third-order valence-corrected chi connectivity index (χ3v) is 6.15. The number of carbonyl (C=O) groups is 1. The van der Waals surface area contributed by atoms with Crippen molar-refractivity contribution in [2.24, 2.45) is 0 Å². The van der Waals surface area contributed by atoms with Gasteiger partial charge in [0.25, 0.3) is 0 Å². The highest BCUT2D eigenvalue weighted by molar-refractivity contribution is 9.10. The summed E-state index contributed by atoms with van der Waals surface area (Å²) in [6.07, 6.45) is 4.39. The number of methoxy groups -OCH3 is 1.